The van der Waals surface area contributed by atoms with Crippen molar-refractivity contribution in [3.05, 3.63) is 58.7 Å². The van der Waals surface area contributed by atoms with Crippen LogP contribution in [0.25, 0.3) is 6.08 Å². The summed E-state index contributed by atoms with van der Waals surface area (Å²) in [6.07, 6.45) is 4.94. The van der Waals surface area contributed by atoms with E-state index in [1.165, 1.54) is 38.5 Å². The summed E-state index contributed by atoms with van der Waals surface area (Å²) < 4.78 is 10.2. The van der Waals surface area contributed by atoms with E-state index in [2.05, 4.69) is 0 Å². The van der Waals surface area contributed by atoms with Gasteiger partial charge in [0.2, 0.25) is 0 Å². The molecule has 0 fully saturated rings. The molecule has 6 nitrogen and oxygen atoms in total. The molecule has 0 aromatic heterocycles. The summed E-state index contributed by atoms with van der Waals surface area (Å²) in [6, 6.07) is 5.97. The van der Waals surface area contributed by atoms with E-state index >= 15 is 0 Å². The molecule has 0 bridgehead atoms. The Hall–Kier alpha value is -3.41. The molecule has 0 saturated carbocycles. The monoisotopic (exact) mass is 384 g/mol. The molecule has 0 atom stereocenters. The summed E-state index contributed by atoms with van der Waals surface area (Å²) in [4.78, 5) is 12.7. The maximum Gasteiger partial charge on any atom is 0.193 e. The van der Waals surface area contributed by atoms with Gasteiger partial charge in [-0.2, -0.15) is 0 Å². The van der Waals surface area contributed by atoms with Gasteiger partial charge in [-0.15, -0.1) is 0 Å². The summed E-state index contributed by atoms with van der Waals surface area (Å²) in [5.41, 5.74) is 1.87. The van der Waals surface area contributed by atoms with Crippen molar-refractivity contribution in [1.29, 1.82) is 0 Å². The second-order valence-electron chi connectivity index (χ2n) is 6.41. The Labute approximate surface area is 164 Å². The molecule has 0 saturated heterocycles. The van der Waals surface area contributed by atoms with Gasteiger partial charge in [0.05, 0.1) is 14.2 Å². The molecule has 0 aliphatic carbocycles. The van der Waals surface area contributed by atoms with Crippen LogP contribution < -0.4 is 9.47 Å². The number of ketones is 1. The van der Waals surface area contributed by atoms with Gasteiger partial charge in [-0.25, -0.2) is 0 Å². The Bertz CT molecular complexity index is 937. The smallest absolute Gasteiger partial charge is 0.193 e. The van der Waals surface area contributed by atoms with E-state index < -0.39 is 5.78 Å². The number of aromatic hydroxyl groups is 3. The van der Waals surface area contributed by atoms with E-state index in [9.17, 15) is 20.1 Å². The lowest BCUT2D eigenvalue weighted by atomic mass is 9.99. The zero-order valence-electron chi connectivity index (χ0n) is 16.3. The van der Waals surface area contributed by atoms with Crippen LogP contribution in [-0.2, 0) is 6.42 Å². The Morgan fingerprint density at radius 2 is 1.68 bits per heavy atom. The Kier molecular flexibility index (Phi) is 6.71. The number of allylic oxidation sites excluding steroid dienone is 3. The van der Waals surface area contributed by atoms with Crippen molar-refractivity contribution < 1.29 is 29.6 Å². The SMILES string of the molecule is COc1cc(/C=C/C(=O)c2c(OC)cc(O)c(CC=C(C)C)c2O)ccc1O. The van der Waals surface area contributed by atoms with Crippen LogP contribution in [0, 0.1) is 0 Å². The maximum atomic E-state index is 12.7. The number of hydrogen-bond acceptors (Lipinski definition) is 6. The molecular formula is C22H24O6. The first kappa shape index (κ1) is 20.9. The molecule has 6 heteroatoms. The minimum absolute atomic E-state index is 0.00672. The van der Waals surface area contributed by atoms with Gasteiger partial charge in [0.25, 0.3) is 0 Å². The lowest BCUT2D eigenvalue weighted by Crippen LogP contribution is -2.02. The highest BCUT2D eigenvalue weighted by molar-refractivity contribution is 6.11. The van der Waals surface area contributed by atoms with Crippen molar-refractivity contribution in [2.24, 2.45) is 0 Å². The number of ether oxygens (including phenoxy) is 2. The van der Waals surface area contributed by atoms with Gasteiger partial charge in [-0.05, 0) is 44.0 Å². The fourth-order valence-corrected chi connectivity index (χ4v) is 2.63. The fraction of sp³-hybridized carbons (Fsp3) is 0.227. The summed E-state index contributed by atoms with van der Waals surface area (Å²) in [6.45, 7) is 3.80. The number of hydrogen-bond donors (Lipinski definition) is 3. The van der Waals surface area contributed by atoms with Crippen molar-refractivity contribution in [2.75, 3.05) is 14.2 Å². The molecule has 0 spiro atoms. The molecule has 2 aromatic carbocycles. The molecule has 0 radical (unpaired) electrons. The number of rotatable bonds is 7. The van der Waals surface area contributed by atoms with Crippen molar-refractivity contribution in [3.8, 4) is 28.7 Å². The van der Waals surface area contributed by atoms with Crippen LogP contribution in [0.1, 0.15) is 35.3 Å². The van der Waals surface area contributed by atoms with E-state index in [1.54, 1.807) is 12.1 Å². The highest BCUT2D eigenvalue weighted by Gasteiger charge is 2.21. The van der Waals surface area contributed by atoms with Crippen molar-refractivity contribution >= 4 is 11.9 Å². The van der Waals surface area contributed by atoms with E-state index in [4.69, 9.17) is 9.47 Å². The van der Waals surface area contributed by atoms with Crippen molar-refractivity contribution in [3.63, 3.8) is 0 Å². The lowest BCUT2D eigenvalue weighted by molar-refractivity contribution is 0.104. The summed E-state index contributed by atoms with van der Waals surface area (Å²) in [5, 5.41) is 30.4. The first-order valence-electron chi connectivity index (χ1n) is 8.63. The number of phenolic OH excluding ortho intramolecular Hbond substituents is 3. The number of phenols is 3. The largest absolute Gasteiger partial charge is 0.507 e. The minimum atomic E-state index is -0.486. The lowest BCUT2D eigenvalue weighted by Gasteiger charge is -2.13. The number of methoxy groups -OCH3 is 2. The standard InChI is InChI=1S/C22H24O6/c1-13(2)5-8-15-18(25)12-20(28-4)21(22(15)26)17(24)10-7-14-6-9-16(23)19(11-14)27-3/h5-7,9-12,23,25-26H,8H2,1-4H3/b10-7+. The van der Waals surface area contributed by atoms with Crippen LogP contribution in [0.4, 0.5) is 0 Å². The predicted molar refractivity (Wildman–Crippen MR) is 107 cm³/mol. The van der Waals surface area contributed by atoms with Gasteiger partial charge in [0.1, 0.15) is 22.8 Å². The molecule has 2 aromatic rings. The molecule has 0 aliphatic rings. The normalized spacial score (nSPS) is 10.7. The first-order valence-corrected chi connectivity index (χ1v) is 8.63. The van der Waals surface area contributed by atoms with Crippen LogP contribution in [0.3, 0.4) is 0 Å². The Morgan fingerprint density at radius 3 is 2.29 bits per heavy atom. The minimum Gasteiger partial charge on any atom is -0.507 e. The third-order valence-corrected chi connectivity index (χ3v) is 4.16. The molecule has 0 heterocycles. The maximum absolute atomic E-state index is 12.7. The quantitative estimate of drug-likeness (QED) is 0.376. The van der Waals surface area contributed by atoms with Crippen LogP contribution in [0.2, 0.25) is 0 Å². The third-order valence-electron chi connectivity index (χ3n) is 4.16. The van der Waals surface area contributed by atoms with Gasteiger partial charge in [0, 0.05) is 11.6 Å². The number of carbonyl (C=O) groups excluding carboxylic acids is 1. The summed E-state index contributed by atoms with van der Waals surface area (Å²) in [5.74, 6) is -0.590. The van der Waals surface area contributed by atoms with E-state index in [1.807, 2.05) is 19.9 Å². The number of carbonyl (C=O) groups is 1. The van der Waals surface area contributed by atoms with E-state index in [0.29, 0.717) is 5.56 Å². The van der Waals surface area contributed by atoms with Gasteiger partial charge < -0.3 is 24.8 Å². The third kappa shape index (κ3) is 4.65. The van der Waals surface area contributed by atoms with Crippen molar-refractivity contribution in [1.82, 2.24) is 0 Å². The molecule has 148 valence electrons. The van der Waals surface area contributed by atoms with E-state index in [-0.39, 0.29) is 46.3 Å². The Morgan fingerprint density at radius 1 is 1.00 bits per heavy atom. The van der Waals surface area contributed by atoms with Gasteiger partial charge in [-0.1, -0.05) is 23.8 Å². The van der Waals surface area contributed by atoms with Crippen LogP contribution in [0.15, 0.2) is 42.0 Å². The zero-order valence-corrected chi connectivity index (χ0v) is 16.3. The molecule has 0 amide bonds. The van der Waals surface area contributed by atoms with Crippen molar-refractivity contribution in [2.45, 2.75) is 20.3 Å². The molecule has 2 rings (SSSR count). The Balaban J connectivity index is 2.43. The summed E-state index contributed by atoms with van der Waals surface area (Å²) in [7, 11) is 2.79. The fourth-order valence-electron chi connectivity index (χ4n) is 2.63. The molecule has 0 aliphatic heterocycles. The molecule has 28 heavy (non-hydrogen) atoms. The molecular weight excluding hydrogens is 360 g/mol. The second kappa shape index (κ2) is 8.99. The second-order valence-corrected chi connectivity index (χ2v) is 6.41. The van der Waals surface area contributed by atoms with Gasteiger partial charge in [-0.3, -0.25) is 4.79 Å². The first-order chi connectivity index (χ1) is 13.3. The van der Waals surface area contributed by atoms with Crippen LogP contribution >= 0.6 is 0 Å². The van der Waals surface area contributed by atoms with Crippen LogP contribution in [0.5, 0.6) is 28.7 Å². The predicted octanol–water partition coefficient (Wildman–Crippen LogP) is 4.23. The van der Waals surface area contributed by atoms with Gasteiger partial charge >= 0.3 is 0 Å². The van der Waals surface area contributed by atoms with Gasteiger partial charge in [0.15, 0.2) is 17.3 Å². The number of benzene rings is 2. The van der Waals surface area contributed by atoms with E-state index in [0.717, 1.165) is 5.57 Å². The highest BCUT2D eigenvalue weighted by atomic mass is 16.5. The average molecular weight is 384 g/mol. The topological polar surface area (TPSA) is 96.2 Å². The average Bonchev–Trinajstić information content (AvgIpc) is 2.66. The van der Waals surface area contributed by atoms with Crippen LogP contribution in [-0.4, -0.2) is 35.3 Å². The molecule has 0 unspecified atom stereocenters. The summed E-state index contributed by atoms with van der Waals surface area (Å²) >= 11 is 0. The molecule has 3 N–H and O–H groups in total. The zero-order chi connectivity index (χ0) is 20.8. The highest BCUT2D eigenvalue weighted by Crippen LogP contribution is 2.39.